The van der Waals surface area contributed by atoms with Crippen molar-refractivity contribution in [2.45, 2.75) is 26.2 Å². The molecule has 2 aromatic heterocycles. The van der Waals surface area contributed by atoms with Gasteiger partial charge < -0.3 is 15.2 Å². The van der Waals surface area contributed by atoms with Gasteiger partial charge in [-0.25, -0.2) is 4.68 Å². The van der Waals surface area contributed by atoms with Gasteiger partial charge >= 0.3 is 0 Å². The topological polar surface area (TPSA) is 85.1 Å². The van der Waals surface area contributed by atoms with Crippen LogP contribution in [0.2, 0.25) is 0 Å². The molecule has 7 nitrogen and oxygen atoms in total. The van der Waals surface area contributed by atoms with Crippen molar-refractivity contribution >= 4 is 5.82 Å². The summed E-state index contributed by atoms with van der Waals surface area (Å²) < 4.78 is 7.04. The Kier molecular flexibility index (Phi) is 4.42. The molecule has 0 aliphatic heterocycles. The number of hydrogen-bond acceptors (Lipinski definition) is 6. The maximum Gasteiger partial charge on any atom is 0.235 e. The number of hydrogen-bond donors (Lipinski definition) is 2. The summed E-state index contributed by atoms with van der Waals surface area (Å²) >= 11 is 0. The third-order valence-electron chi connectivity index (χ3n) is 2.94. The van der Waals surface area contributed by atoms with E-state index in [-0.39, 0.29) is 18.6 Å². The van der Waals surface area contributed by atoms with E-state index in [2.05, 4.69) is 41.4 Å². The molecule has 21 heavy (non-hydrogen) atoms. The minimum Gasteiger partial charge on any atom is -0.474 e. The largest absolute Gasteiger partial charge is 0.474 e. The Morgan fingerprint density at radius 1 is 1.33 bits per heavy atom. The van der Waals surface area contributed by atoms with E-state index in [9.17, 15) is 0 Å². The summed E-state index contributed by atoms with van der Waals surface area (Å²) in [4.78, 5) is 0. The van der Waals surface area contributed by atoms with E-state index in [4.69, 9.17) is 9.84 Å². The summed E-state index contributed by atoms with van der Waals surface area (Å²) in [5.41, 5.74) is 1.67. The Morgan fingerprint density at radius 3 is 2.71 bits per heavy atom. The van der Waals surface area contributed by atoms with Gasteiger partial charge in [0.25, 0.3) is 0 Å². The fourth-order valence-corrected chi connectivity index (χ4v) is 1.80. The van der Waals surface area contributed by atoms with Crippen LogP contribution < -0.4 is 10.1 Å². The van der Waals surface area contributed by atoms with E-state index in [1.165, 1.54) is 0 Å². The maximum atomic E-state index is 8.79. The molecule has 0 bridgehead atoms. The molecule has 2 rings (SSSR count). The van der Waals surface area contributed by atoms with Gasteiger partial charge in [0.15, 0.2) is 0 Å². The van der Waals surface area contributed by atoms with Crippen LogP contribution in [0.25, 0.3) is 5.69 Å². The number of aromatic nitrogens is 4. The van der Waals surface area contributed by atoms with Crippen LogP contribution in [0.15, 0.2) is 18.3 Å². The fourth-order valence-electron chi connectivity index (χ4n) is 1.80. The zero-order valence-electron chi connectivity index (χ0n) is 12.8. The molecule has 0 saturated carbocycles. The molecule has 2 heterocycles. The van der Waals surface area contributed by atoms with Crippen molar-refractivity contribution in [3.05, 3.63) is 24.0 Å². The van der Waals surface area contributed by atoms with Gasteiger partial charge in [-0.2, -0.15) is 10.2 Å². The van der Waals surface area contributed by atoms with Gasteiger partial charge in [0.1, 0.15) is 12.4 Å². The summed E-state index contributed by atoms with van der Waals surface area (Å²) in [7, 11) is 1.84. The Hall–Kier alpha value is -2.15. The molecule has 0 fully saturated rings. The summed E-state index contributed by atoms with van der Waals surface area (Å²) in [5.74, 6) is 1.22. The lowest BCUT2D eigenvalue weighted by atomic mass is 9.92. The Morgan fingerprint density at radius 2 is 2.10 bits per heavy atom. The lowest BCUT2D eigenvalue weighted by Gasteiger charge is -2.14. The van der Waals surface area contributed by atoms with Gasteiger partial charge in [-0.1, -0.05) is 20.8 Å². The SMILES string of the molecule is CNc1cc(C(C)(C)C)nn1-c1cnnc(OCCO)c1. The normalized spacial score (nSPS) is 11.5. The minimum absolute atomic E-state index is 0.0481. The first-order valence-electron chi connectivity index (χ1n) is 6.81. The molecule has 0 aliphatic rings. The second kappa shape index (κ2) is 6.09. The minimum atomic E-state index is -0.0659. The van der Waals surface area contributed by atoms with Crippen LogP contribution in [0, 0.1) is 0 Å². The van der Waals surface area contributed by atoms with Crippen LogP contribution in [-0.2, 0) is 5.41 Å². The number of nitrogens with one attached hydrogen (secondary N) is 1. The maximum absolute atomic E-state index is 8.79. The van der Waals surface area contributed by atoms with Crippen molar-refractivity contribution in [1.82, 2.24) is 20.0 Å². The zero-order chi connectivity index (χ0) is 15.5. The summed E-state index contributed by atoms with van der Waals surface area (Å²) in [5, 5.41) is 24.3. The van der Waals surface area contributed by atoms with E-state index in [1.807, 2.05) is 13.1 Å². The number of nitrogens with zero attached hydrogens (tertiary/aromatic N) is 4. The predicted molar refractivity (Wildman–Crippen MR) is 80.0 cm³/mol. The standard InChI is InChI=1S/C14H21N5O2/c1-14(2,3)11-8-12(15-4)19(18-11)10-7-13(17-16-9-10)21-6-5-20/h7-9,15,20H,5-6H2,1-4H3. The molecule has 7 heteroatoms. The first kappa shape index (κ1) is 15.2. The molecule has 0 atom stereocenters. The molecule has 0 amide bonds. The summed E-state index contributed by atoms with van der Waals surface area (Å²) in [6.07, 6.45) is 1.62. The highest BCUT2D eigenvalue weighted by molar-refractivity contribution is 5.46. The van der Waals surface area contributed by atoms with Gasteiger partial charge in [0, 0.05) is 24.6 Å². The van der Waals surface area contributed by atoms with Gasteiger partial charge in [-0.15, -0.1) is 5.10 Å². The number of aliphatic hydroxyl groups is 1. The highest BCUT2D eigenvalue weighted by Crippen LogP contribution is 2.26. The average molecular weight is 291 g/mol. The molecule has 0 unspecified atom stereocenters. The van der Waals surface area contributed by atoms with E-state index < -0.39 is 0 Å². The molecule has 0 aromatic carbocycles. The Balaban J connectivity index is 2.39. The zero-order valence-corrected chi connectivity index (χ0v) is 12.8. The highest BCUT2D eigenvalue weighted by Gasteiger charge is 2.20. The molecule has 0 spiro atoms. The quantitative estimate of drug-likeness (QED) is 0.865. The highest BCUT2D eigenvalue weighted by atomic mass is 16.5. The van der Waals surface area contributed by atoms with Crippen LogP contribution in [0.4, 0.5) is 5.82 Å². The molecule has 0 aliphatic carbocycles. The van der Waals surface area contributed by atoms with Crippen molar-refractivity contribution in [3.63, 3.8) is 0 Å². The lowest BCUT2D eigenvalue weighted by molar-refractivity contribution is 0.195. The number of rotatable bonds is 5. The molecule has 114 valence electrons. The van der Waals surface area contributed by atoms with Crippen LogP contribution >= 0.6 is 0 Å². The van der Waals surface area contributed by atoms with E-state index in [1.54, 1.807) is 16.9 Å². The smallest absolute Gasteiger partial charge is 0.235 e. The van der Waals surface area contributed by atoms with Gasteiger partial charge in [0.05, 0.1) is 24.2 Å². The Labute approximate surface area is 124 Å². The second-order valence-corrected chi connectivity index (χ2v) is 5.65. The third kappa shape index (κ3) is 3.49. The van der Waals surface area contributed by atoms with E-state index >= 15 is 0 Å². The van der Waals surface area contributed by atoms with E-state index in [0.717, 1.165) is 17.2 Å². The molecular formula is C14H21N5O2. The van der Waals surface area contributed by atoms with Crippen molar-refractivity contribution in [1.29, 1.82) is 0 Å². The molecule has 0 radical (unpaired) electrons. The van der Waals surface area contributed by atoms with Crippen molar-refractivity contribution in [2.75, 3.05) is 25.6 Å². The summed E-state index contributed by atoms with van der Waals surface area (Å²) in [6, 6.07) is 3.75. The van der Waals surface area contributed by atoms with Gasteiger partial charge in [-0.05, 0) is 0 Å². The number of anilines is 1. The average Bonchev–Trinajstić information content (AvgIpc) is 2.89. The lowest BCUT2D eigenvalue weighted by Crippen LogP contribution is -2.13. The van der Waals surface area contributed by atoms with Gasteiger partial charge in [0.2, 0.25) is 5.88 Å². The molecular weight excluding hydrogens is 270 g/mol. The first-order valence-corrected chi connectivity index (χ1v) is 6.81. The van der Waals surface area contributed by atoms with Crippen LogP contribution in [-0.4, -0.2) is 45.3 Å². The van der Waals surface area contributed by atoms with Crippen molar-refractivity contribution in [2.24, 2.45) is 0 Å². The molecule has 2 N–H and O–H groups in total. The number of ether oxygens (including phenoxy) is 1. The second-order valence-electron chi connectivity index (χ2n) is 5.65. The van der Waals surface area contributed by atoms with Crippen LogP contribution in [0.5, 0.6) is 5.88 Å². The van der Waals surface area contributed by atoms with Gasteiger partial charge in [-0.3, -0.25) is 0 Å². The predicted octanol–water partition coefficient (Wildman–Crippen LogP) is 1.37. The fraction of sp³-hybridized carbons (Fsp3) is 0.500. The molecule has 2 aromatic rings. The first-order chi connectivity index (χ1) is 9.95. The number of aliphatic hydroxyl groups excluding tert-OH is 1. The Bertz CT molecular complexity index is 604. The van der Waals surface area contributed by atoms with E-state index in [0.29, 0.717) is 5.88 Å². The summed E-state index contributed by atoms with van der Waals surface area (Å²) in [6.45, 7) is 6.45. The van der Waals surface area contributed by atoms with Crippen molar-refractivity contribution in [3.8, 4) is 11.6 Å². The van der Waals surface area contributed by atoms with Crippen LogP contribution in [0.3, 0.4) is 0 Å². The van der Waals surface area contributed by atoms with Crippen LogP contribution in [0.1, 0.15) is 26.5 Å². The molecule has 0 saturated heterocycles. The van der Waals surface area contributed by atoms with Crippen molar-refractivity contribution < 1.29 is 9.84 Å². The monoisotopic (exact) mass is 291 g/mol. The third-order valence-corrected chi connectivity index (χ3v) is 2.94.